The summed E-state index contributed by atoms with van der Waals surface area (Å²) < 4.78 is 12.5. The van der Waals surface area contributed by atoms with Gasteiger partial charge in [-0.3, -0.25) is 9.48 Å². The standard InChI is InChI=1S/C18H23N3O3/c1-12-7-13(2)21(19-12)11-18(22)20-6-5-14-8-16(23-3)17(24-4)9-15(14)10-20/h7-9H,5-6,10-11H2,1-4H3. The zero-order valence-corrected chi connectivity index (χ0v) is 14.6. The van der Waals surface area contributed by atoms with E-state index in [9.17, 15) is 4.79 Å². The molecule has 0 unspecified atom stereocenters. The number of aryl methyl sites for hydroxylation is 2. The summed E-state index contributed by atoms with van der Waals surface area (Å²) in [6.45, 7) is 5.48. The molecule has 0 aliphatic carbocycles. The topological polar surface area (TPSA) is 56.6 Å². The van der Waals surface area contributed by atoms with Crippen LogP contribution in [-0.2, 0) is 24.3 Å². The maximum absolute atomic E-state index is 12.6. The lowest BCUT2D eigenvalue weighted by atomic mass is 9.98. The van der Waals surface area contributed by atoms with Gasteiger partial charge in [-0.05, 0) is 49.6 Å². The highest BCUT2D eigenvalue weighted by atomic mass is 16.5. The molecule has 1 aliphatic rings. The number of hydrogen-bond acceptors (Lipinski definition) is 4. The van der Waals surface area contributed by atoms with E-state index < -0.39 is 0 Å². The Morgan fingerprint density at radius 2 is 1.79 bits per heavy atom. The second-order valence-corrected chi connectivity index (χ2v) is 6.13. The predicted molar refractivity (Wildman–Crippen MR) is 90.4 cm³/mol. The fraction of sp³-hybridized carbons (Fsp3) is 0.444. The molecular formula is C18H23N3O3. The first-order chi connectivity index (χ1) is 11.5. The van der Waals surface area contributed by atoms with Gasteiger partial charge in [-0.25, -0.2) is 0 Å². The molecule has 1 aliphatic heterocycles. The Labute approximate surface area is 142 Å². The highest BCUT2D eigenvalue weighted by molar-refractivity contribution is 5.76. The Balaban J connectivity index is 1.76. The number of benzene rings is 1. The molecule has 128 valence electrons. The highest BCUT2D eigenvalue weighted by Crippen LogP contribution is 2.33. The van der Waals surface area contributed by atoms with Gasteiger partial charge in [-0.15, -0.1) is 0 Å². The lowest BCUT2D eigenvalue weighted by Crippen LogP contribution is -2.38. The molecule has 0 atom stereocenters. The number of carbonyl (C=O) groups excluding carboxylic acids is 1. The Hall–Kier alpha value is -2.50. The van der Waals surface area contributed by atoms with Crippen LogP contribution in [0, 0.1) is 13.8 Å². The molecular weight excluding hydrogens is 306 g/mol. The van der Waals surface area contributed by atoms with Crippen molar-refractivity contribution in [2.75, 3.05) is 20.8 Å². The average Bonchev–Trinajstić information content (AvgIpc) is 2.90. The van der Waals surface area contributed by atoms with Crippen LogP contribution in [0.2, 0.25) is 0 Å². The van der Waals surface area contributed by atoms with Gasteiger partial charge >= 0.3 is 0 Å². The van der Waals surface area contributed by atoms with Crippen LogP contribution in [0.25, 0.3) is 0 Å². The minimum Gasteiger partial charge on any atom is -0.493 e. The number of fused-ring (bicyclic) bond motifs is 1. The number of amides is 1. The van der Waals surface area contributed by atoms with Gasteiger partial charge in [0.2, 0.25) is 5.91 Å². The minimum absolute atomic E-state index is 0.0848. The molecule has 1 aromatic carbocycles. The molecule has 0 radical (unpaired) electrons. The normalized spacial score (nSPS) is 13.6. The summed E-state index contributed by atoms with van der Waals surface area (Å²) in [5.41, 5.74) is 4.26. The van der Waals surface area contributed by atoms with Gasteiger partial charge in [-0.2, -0.15) is 5.10 Å². The Bertz CT molecular complexity index is 767. The minimum atomic E-state index is 0.0848. The second kappa shape index (κ2) is 6.55. The van der Waals surface area contributed by atoms with Crippen molar-refractivity contribution in [3.63, 3.8) is 0 Å². The molecule has 6 heteroatoms. The summed E-state index contributed by atoms with van der Waals surface area (Å²) in [6.07, 6.45) is 0.818. The van der Waals surface area contributed by atoms with Crippen LogP contribution >= 0.6 is 0 Å². The number of ether oxygens (including phenoxy) is 2. The maximum Gasteiger partial charge on any atom is 0.244 e. The monoisotopic (exact) mass is 329 g/mol. The van der Waals surface area contributed by atoms with E-state index in [0.717, 1.165) is 29.1 Å². The zero-order valence-electron chi connectivity index (χ0n) is 14.6. The summed E-state index contributed by atoms with van der Waals surface area (Å²) in [5, 5.41) is 4.37. The first kappa shape index (κ1) is 16.4. The van der Waals surface area contributed by atoms with Crippen molar-refractivity contribution in [3.8, 4) is 11.5 Å². The molecule has 0 N–H and O–H groups in total. The van der Waals surface area contributed by atoms with Crippen molar-refractivity contribution in [1.82, 2.24) is 14.7 Å². The summed E-state index contributed by atoms with van der Waals surface area (Å²) >= 11 is 0. The number of aromatic nitrogens is 2. The van der Waals surface area contributed by atoms with E-state index in [4.69, 9.17) is 9.47 Å². The molecule has 2 heterocycles. The van der Waals surface area contributed by atoms with Gasteiger partial charge in [0, 0.05) is 18.8 Å². The van der Waals surface area contributed by atoms with E-state index in [-0.39, 0.29) is 12.5 Å². The predicted octanol–water partition coefficient (Wildman–Crippen LogP) is 2.10. The summed E-state index contributed by atoms with van der Waals surface area (Å²) in [5.74, 6) is 1.52. The van der Waals surface area contributed by atoms with Gasteiger partial charge in [0.1, 0.15) is 6.54 Å². The molecule has 0 saturated carbocycles. The van der Waals surface area contributed by atoms with Gasteiger partial charge in [-0.1, -0.05) is 0 Å². The number of nitrogens with zero attached hydrogens (tertiary/aromatic N) is 3. The van der Waals surface area contributed by atoms with Crippen molar-refractivity contribution in [2.24, 2.45) is 0 Å². The summed E-state index contributed by atoms with van der Waals surface area (Å²) in [6, 6.07) is 5.96. The van der Waals surface area contributed by atoms with E-state index in [0.29, 0.717) is 18.8 Å². The fourth-order valence-electron chi connectivity index (χ4n) is 3.16. The average molecular weight is 329 g/mol. The molecule has 0 bridgehead atoms. The number of carbonyl (C=O) groups is 1. The Morgan fingerprint density at radius 1 is 1.12 bits per heavy atom. The molecule has 0 saturated heterocycles. The van der Waals surface area contributed by atoms with Gasteiger partial charge in [0.05, 0.1) is 19.9 Å². The van der Waals surface area contributed by atoms with Crippen molar-refractivity contribution in [1.29, 1.82) is 0 Å². The van der Waals surface area contributed by atoms with E-state index in [1.165, 1.54) is 5.56 Å². The van der Waals surface area contributed by atoms with Crippen LogP contribution in [0.3, 0.4) is 0 Å². The third-order valence-corrected chi connectivity index (χ3v) is 4.46. The summed E-state index contributed by atoms with van der Waals surface area (Å²) in [7, 11) is 3.26. The van der Waals surface area contributed by atoms with Crippen LogP contribution in [0.4, 0.5) is 0 Å². The highest BCUT2D eigenvalue weighted by Gasteiger charge is 2.23. The van der Waals surface area contributed by atoms with E-state index in [1.54, 1.807) is 18.9 Å². The Kier molecular flexibility index (Phi) is 4.46. The lowest BCUT2D eigenvalue weighted by Gasteiger charge is -2.29. The first-order valence-corrected chi connectivity index (χ1v) is 8.04. The van der Waals surface area contributed by atoms with Crippen molar-refractivity contribution in [3.05, 3.63) is 40.7 Å². The number of rotatable bonds is 4. The van der Waals surface area contributed by atoms with Crippen molar-refractivity contribution >= 4 is 5.91 Å². The maximum atomic E-state index is 12.6. The van der Waals surface area contributed by atoms with Crippen LogP contribution in [0.5, 0.6) is 11.5 Å². The largest absolute Gasteiger partial charge is 0.493 e. The third-order valence-electron chi connectivity index (χ3n) is 4.46. The summed E-state index contributed by atoms with van der Waals surface area (Å²) in [4.78, 5) is 14.5. The first-order valence-electron chi connectivity index (χ1n) is 8.04. The van der Waals surface area contributed by atoms with Crippen LogP contribution < -0.4 is 9.47 Å². The molecule has 1 aromatic heterocycles. The molecule has 6 nitrogen and oxygen atoms in total. The van der Waals surface area contributed by atoms with Crippen LogP contribution in [0.15, 0.2) is 18.2 Å². The van der Waals surface area contributed by atoms with Gasteiger partial charge in [0.25, 0.3) is 0 Å². The van der Waals surface area contributed by atoms with E-state index in [2.05, 4.69) is 5.10 Å². The van der Waals surface area contributed by atoms with Crippen LogP contribution in [0.1, 0.15) is 22.5 Å². The molecule has 1 amide bonds. The fourth-order valence-corrected chi connectivity index (χ4v) is 3.16. The number of methoxy groups -OCH3 is 2. The molecule has 0 spiro atoms. The van der Waals surface area contributed by atoms with Crippen molar-refractivity contribution < 1.29 is 14.3 Å². The lowest BCUT2D eigenvalue weighted by molar-refractivity contribution is -0.133. The van der Waals surface area contributed by atoms with Gasteiger partial charge in [0.15, 0.2) is 11.5 Å². The molecule has 2 aromatic rings. The zero-order chi connectivity index (χ0) is 17.3. The SMILES string of the molecule is COc1cc2c(cc1OC)CN(C(=O)Cn1nc(C)cc1C)CC2. The number of hydrogen-bond donors (Lipinski definition) is 0. The second-order valence-electron chi connectivity index (χ2n) is 6.13. The van der Waals surface area contributed by atoms with Crippen molar-refractivity contribution in [2.45, 2.75) is 33.4 Å². The molecule has 24 heavy (non-hydrogen) atoms. The molecule has 0 fully saturated rings. The van der Waals surface area contributed by atoms with E-state index in [1.807, 2.05) is 36.9 Å². The quantitative estimate of drug-likeness (QED) is 0.862. The molecule has 3 rings (SSSR count). The van der Waals surface area contributed by atoms with Gasteiger partial charge < -0.3 is 14.4 Å². The smallest absolute Gasteiger partial charge is 0.244 e. The van der Waals surface area contributed by atoms with E-state index >= 15 is 0 Å². The Morgan fingerprint density at radius 3 is 2.38 bits per heavy atom. The third kappa shape index (κ3) is 3.09. The van der Waals surface area contributed by atoms with Crippen LogP contribution in [-0.4, -0.2) is 41.4 Å².